The van der Waals surface area contributed by atoms with Crippen LogP contribution in [0.15, 0.2) is 10.5 Å². The molecule has 1 aromatic rings. The van der Waals surface area contributed by atoms with Gasteiger partial charge in [-0.1, -0.05) is 5.16 Å². The van der Waals surface area contributed by atoms with Crippen LogP contribution >= 0.6 is 11.3 Å². The quantitative estimate of drug-likeness (QED) is 0.569. The molecule has 0 aliphatic rings. The maximum Gasteiger partial charge on any atom is 0.275 e. The molecule has 82 valence electrons. The van der Waals surface area contributed by atoms with Crippen molar-refractivity contribution < 1.29 is 9.63 Å². The number of likely N-dealkylation sites (N-methyl/N-ethyl adjacent to an activating group) is 1. The van der Waals surface area contributed by atoms with Crippen LogP contribution in [0.1, 0.15) is 12.6 Å². The number of amides is 1. The third-order valence-corrected chi connectivity index (χ3v) is 2.17. The molecule has 0 spiro atoms. The molecule has 1 rings (SSSR count). The van der Waals surface area contributed by atoms with Crippen LogP contribution in [-0.2, 0) is 9.63 Å². The molecule has 0 atom stereocenters. The summed E-state index contributed by atoms with van der Waals surface area (Å²) in [6, 6.07) is 0. The zero-order valence-electron chi connectivity index (χ0n) is 8.48. The number of hydrogen-bond donors (Lipinski definition) is 2. The zero-order valence-corrected chi connectivity index (χ0v) is 9.30. The van der Waals surface area contributed by atoms with E-state index in [1.165, 1.54) is 18.4 Å². The summed E-state index contributed by atoms with van der Waals surface area (Å²) in [5.41, 5.74) is 6.02. The molecule has 0 aliphatic carbocycles. The molecule has 0 saturated carbocycles. The predicted molar refractivity (Wildman–Crippen MR) is 58.8 cm³/mol. The Labute approximate surface area is 91.1 Å². The molecule has 0 fully saturated rings. The molecule has 0 saturated heterocycles. The standard InChI is InChI=1S/C8H12N4O2S/c1-3-14-12-6(7(13)10-2)5-4-15-8(9)11-5/h4H,3H2,1-2H3,(H2,9,11)(H,10,13)/b12-6+. The van der Waals surface area contributed by atoms with Gasteiger partial charge in [-0.3, -0.25) is 4.79 Å². The first-order valence-electron chi connectivity index (χ1n) is 4.32. The van der Waals surface area contributed by atoms with Crippen molar-refractivity contribution in [1.29, 1.82) is 0 Å². The lowest BCUT2D eigenvalue weighted by atomic mass is 10.3. The minimum atomic E-state index is -0.353. The number of anilines is 1. The van der Waals surface area contributed by atoms with Gasteiger partial charge in [0.25, 0.3) is 5.91 Å². The fourth-order valence-electron chi connectivity index (χ4n) is 0.848. The van der Waals surface area contributed by atoms with Crippen LogP contribution in [-0.4, -0.2) is 30.3 Å². The summed E-state index contributed by atoms with van der Waals surface area (Å²) in [5.74, 6) is -0.353. The van der Waals surface area contributed by atoms with Crippen molar-refractivity contribution >= 4 is 28.1 Å². The second-order valence-electron chi connectivity index (χ2n) is 2.51. The monoisotopic (exact) mass is 228 g/mol. The van der Waals surface area contributed by atoms with Gasteiger partial charge in [0.15, 0.2) is 10.8 Å². The zero-order chi connectivity index (χ0) is 11.3. The number of nitrogens with one attached hydrogen (secondary N) is 1. The van der Waals surface area contributed by atoms with Crippen LogP contribution in [0.4, 0.5) is 5.13 Å². The molecule has 0 aliphatic heterocycles. The van der Waals surface area contributed by atoms with E-state index in [0.29, 0.717) is 17.4 Å². The summed E-state index contributed by atoms with van der Waals surface area (Å²) in [7, 11) is 1.51. The highest BCUT2D eigenvalue weighted by atomic mass is 32.1. The Morgan fingerprint density at radius 1 is 1.80 bits per heavy atom. The number of nitrogen functional groups attached to an aromatic ring is 1. The number of rotatable bonds is 4. The summed E-state index contributed by atoms with van der Waals surface area (Å²) >= 11 is 1.24. The molecule has 0 radical (unpaired) electrons. The van der Waals surface area contributed by atoms with Crippen molar-refractivity contribution in [2.75, 3.05) is 19.4 Å². The van der Waals surface area contributed by atoms with Gasteiger partial charge in [-0.25, -0.2) is 4.98 Å². The summed E-state index contributed by atoms with van der Waals surface area (Å²) < 4.78 is 0. The average Bonchev–Trinajstić information content (AvgIpc) is 2.65. The molecule has 3 N–H and O–H groups in total. The van der Waals surface area contributed by atoms with Crippen molar-refractivity contribution in [2.24, 2.45) is 5.16 Å². The van der Waals surface area contributed by atoms with E-state index in [9.17, 15) is 4.79 Å². The normalized spacial score (nSPS) is 11.2. The molecule has 1 aromatic heterocycles. The summed E-state index contributed by atoms with van der Waals surface area (Å²) in [6.45, 7) is 2.17. The molecule has 0 unspecified atom stereocenters. The number of nitrogens with two attached hydrogens (primary N) is 1. The number of nitrogens with zero attached hydrogens (tertiary/aromatic N) is 2. The Morgan fingerprint density at radius 2 is 2.53 bits per heavy atom. The molecule has 15 heavy (non-hydrogen) atoms. The molecule has 0 aromatic carbocycles. The van der Waals surface area contributed by atoms with Gasteiger partial charge in [0.05, 0.1) is 0 Å². The van der Waals surface area contributed by atoms with E-state index in [0.717, 1.165) is 0 Å². The highest BCUT2D eigenvalue weighted by Crippen LogP contribution is 2.12. The molecule has 7 heteroatoms. The number of carbonyl (C=O) groups is 1. The Kier molecular flexibility index (Phi) is 4.04. The SMILES string of the molecule is CCO/N=C(/C(=O)NC)c1csc(N)n1. The summed E-state index contributed by atoms with van der Waals surface area (Å²) in [5, 5.41) is 8.19. The van der Waals surface area contributed by atoms with Crippen LogP contribution in [0.2, 0.25) is 0 Å². The second kappa shape index (κ2) is 5.30. The molecule has 1 heterocycles. The van der Waals surface area contributed by atoms with Crippen LogP contribution < -0.4 is 11.1 Å². The van der Waals surface area contributed by atoms with E-state index in [1.807, 2.05) is 0 Å². The fourth-order valence-corrected chi connectivity index (χ4v) is 1.40. The Morgan fingerprint density at radius 3 is 3.00 bits per heavy atom. The minimum absolute atomic E-state index is 0.132. The number of hydrogen-bond acceptors (Lipinski definition) is 6. The van der Waals surface area contributed by atoms with Gasteiger partial charge in [0, 0.05) is 12.4 Å². The van der Waals surface area contributed by atoms with Crippen LogP contribution in [0, 0.1) is 0 Å². The predicted octanol–water partition coefficient (Wildman–Crippen LogP) is 0.212. The molecule has 1 amide bonds. The lowest BCUT2D eigenvalue weighted by Crippen LogP contribution is -2.28. The highest BCUT2D eigenvalue weighted by molar-refractivity contribution is 7.13. The topological polar surface area (TPSA) is 89.6 Å². The summed E-state index contributed by atoms with van der Waals surface area (Å²) in [6.07, 6.45) is 0. The molecule has 0 bridgehead atoms. The number of oxime groups is 1. The maximum atomic E-state index is 11.4. The minimum Gasteiger partial charge on any atom is -0.395 e. The average molecular weight is 228 g/mol. The van der Waals surface area contributed by atoms with Crippen LogP contribution in [0.3, 0.4) is 0 Å². The van der Waals surface area contributed by atoms with E-state index in [1.54, 1.807) is 12.3 Å². The van der Waals surface area contributed by atoms with Gasteiger partial charge in [-0.2, -0.15) is 0 Å². The first-order chi connectivity index (χ1) is 7.19. The highest BCUT2D eigenvalue weighted by Gasteiger charge is 2.16. The Bertz CT molecular complexity index is 374. The number of carbonyl (C=O) groups excluding carboxylic acids is 1. The second-order valence-corrected chi connectivity index (χ2v) is 3.40. The van der Waals surface area contributed by atoms with Gasteiger partial charge in [0.2, 0.25) is 0 Å². The van der Waals surface area contributed by atoms with Crippen molar-refractivity contribution in [3.05, 3.63) is 11.1 Å². The van der Waals surface area contributed by atoms with Gasteiger partial charge >= 0.3 is 0 Å². The van der Waals surface area contributed by atoms with E-state index < -0.39 is 0 Å². The van der Waals surface area contributed by atoms with Gasteiger partial charge in [-0.05, 0) is 6.92 Å². The number of thiazole rings is 1. The van der Waals surface area contributed by atoms with Gasteiger partial charge in [0.1, 0.15) is 12.3 Å². The molecular weight excluding hydrogens is 216 g/mol. The number of aromatic nitrogens is 1. The van der Waals surface area contributed by atoms with Gasteiger partial charge in [-0.15, -0.1) is 11.3 Å². The van der Waals surface area contributed by atoms with Crippen molar-refractivity contribution in [1.82, 2.24) is 10.3 Å². The Hall–Kier alpha value is -1.63. The van der Waals surface area contributed by atoms with Crippen molar-refractivity contribution in [3.8, 4) is 0 Å². The first kappa shape index (κ1) is 11.4. The largest absolute Gasteiger partial charge is 0.395 e. The maximum absolute atomic E-state index is 11.4. The molecular formula is C8H12N4O2S. The van der Waals surface area contributed by atoms with Crippen LogP contribution in [0.25, 0.3) is 0 Å². The van der Waals surface area contributed by atoms with Crippen LogP contribution in [0.5, 0.6) is 0 Å². The molecule has 6 nitrogen and oxygen atoms in total. The van der Waals surface area contributed by atoms with Gasteiger partial charge < -0.3 is 15.9 Å². The first-order valence-corrected chi connectivity index (χ1v) is 5.20. The fraction of sp³-hybridized carbons (Fsp3) is 0.375. The van der Waals surface area contributed by atoms with E-state index in [4.69, 9.17) is 10.6 Å². The Balaban J connectivity index is 2.95. The lowest BCUT2D eigenvalue weighted by molar-refractivity contribution is -0.114. The third kappa shape index (κ3) is 2.91. The summed E-state index contributed by atoms with van der Waals surface area (Å²) in [4.78, 5) is 20.2. The lowest BCUT2D eigenvalue weighted by Gasteiger charge is -2.01. The van der Waals surface area contributed by atoms with E-state index in [-0.39, 0.29) is 11.6 Å². The van der Waals surface area contributed by atoms with E-state index in [2.05, 4.69) is 15.5 Å². The van der Waals surface area contributed by atoms with E-state index >= 15 is 0 Å². The smallest absolute Gasteiger partial charge is 0.275 e. The van der Waals surface area contributed by atoms with Crippen molar-refractivity contribution in [3.63, 3.8) is 0 Å². The third-order valence-electron chi connectivity index (χ3n) is 1.49. The van der Waals surface area contributed by atoms with Crippen molar-refractivity contribution in [2.45, 2.75) is 6.92 Å².